The molecule has 0 amide bonds. The first-order valence-corrected chi connectivity index (χ1v) is 12.0. The zero-order valence-electron chi connectivity index (χ0n) is 21.9. The highest BCUT2D eigenvalue weighted by Gasteiger charge is 2.47. The van der Waals surface area contributed by atoms with Gasteiger partial charge in [0.15, 0.2) is 0 Å². The zero-order chi connectivity index (χ0) is 24.2. The minimum absolute atomic E-state index is 0.0850. The van der Waals surface area contributed by atoms with E-state index in [1.165, 1.54) is 16.7 Å². The lowest BCUT2D eigenvalue weighted by molar-refractivity contribution is -0.120. The summed E-state index contributed by atoms with van der Waals surface area (Å²) in [5, 5.41) is 0. The van der Waals surface area contributed by atoms with Gasteiger partial charge in [-0.3, -0.25) is 4.79 Å². The summed E-state index contributed by atoms with van der Waals surface area (Å²) in [7, 11) is 0. The molecule has 1 heterocycles. The summed E-state index contributed by atoms with van der Waals surface area (Å²) >= 11 is 0. The first-order chi connectivity index (χ1) is 14.6. The van der Waals surface area contributed by atoms with Crippen LogP contribution >= 0.6 is 0 Å². The quantitative estimate of drug-likeness (QED) is 0.412. The van der Waals surface area contributed by atoms with E-state index in [2.05, 4.69) is 55.4 Å². The highest BCUT2D eigenvalue weighted by molar-refractivity contribution is 5.62. The van der Waals surface area contributed by atoms with Gasteiger partial charge in [-0.2, -0.15) is 0 Å². The summed E-state index contributed by atoms with van der Waals surface area (Å²) in [5.41, 5.74) is 13.7. The first-order valence-electron chi connectivity index (χ1n) is 12.0. The molecule has 32 heavy (non-hydrogen) atoms. The number of carbonyl (C=O) groups excluding carboxylic acids is 1. The third-order valence-corrected chi connectivity index (χ3v) is 8.82. The van der Waals surface area contributed by atoms with Gasteiger partial charge in [-0.25, -0.2) is 0 Å². The molecule has 4 nitrogen and oxygen atoms in total. The average molecular weight is 442 g/mol. The van der Waals surface area contributed by atoms with Gasteiger partial charge in [0.05, 0.1) is 0 Å². The van der Waals surface area contributed by atoms with Gasteiger partial charge in [0, 0.05) is 11.1 Å². The van der Waals surface area contributed by atoms with Gasteiger partial charge in [-0.15, -0.1) is 0 Å². The molecular weight excluding hydrogens is 398 g/mol. The van der Waals surface area contributed by atoms with Crippen molar-refractivity contribution in [2.75, 3.05) is 0 Å². The second-order valence-corrected chi connectivity index (χ2v) is 11.8. The van der Waals surface area contributed by atoms with Crippen LogP contribution in [0.4, 0.5) is 0 Å². The largest absolute Gasteiger partial charge is 0.487 e. The molecule has 0 radical (unpaired) electrons. The minimum Gasteiger partial charge on any atom is -0.487 e. The van der Waals surface area contributed by atoms with Crippen molar-refractivity contribution in [3.63, 3.8) is 0 Å². The highest BCUT2D eigenvalue weighted by Crippen LogP contribution is 2.51. The van der Waals surface area contributed by atoms with Crippen LogP contribution in [0.5, 0.6) is 11.5 Å². The van der Waals surface area contributed by atoms with E-state index in [4.69, 9.17) is 15.2 Å². The number of nitrogens with two attached hydrogens (primary N) is 1. The van der Waals surface area contributed by atoms with Gasteiger partial charge >= 0.3 is 0 Å². The second-order valence-electron chi connectivity index (χ2n) is 11.8. The Morgan fingerprint density at radius 1 is 1.09 bits per heavy atom. The van der Waals surface area contributed by atoms with Gasteiger partial charge in [0.2, 0.25) is 0 Å². The van der Waals surface area contributed by atoms with Crippen molar-refractivity contribution in [1.82, 2.24) is 0 Å². The Morgan fingerprint density at radius 3 is 2.25 bits per heavy atom. The Balaban J connectivity index is 1.86. The second kappa shape index (κ2) is 8.20. The molecule has 2 N–H and O–H groups in total. The molecule has 178 valence electrons. The van der Waals surface area contributed by atoms with Crippen LogP contribution in [-0.4, -0.2) is 17.6 Å². The molecule has 4 heteroatoms. The average Bonchev–Trinajstić information content (AvgIpc) is 2.83. The summed E-state index contributed by atoms with van der Waals surface area (Å²) < 4.78 is 12.1. The van der Waals surface area contributed by atoms with E-state index in [0.717, 1.165) is 48.1 Å². The molecule has 0 saturated heterocycles. The van der Waals surface area contributed by atoms with E-state index in [0.29, 0.717) is 24.1 Å². The zero-order valence-corrected chi connectivity index (χ0v) is 21.9. The molecule has 1 aliphatic heterocycles. The summed E-state index contributed by atoms with van der Waals surface area (Å²) in [5.74, 6) is 2.46. The predicted octanol–water partition coefficient (Wildman–Crippen LogP) is 6.36. The summed E-state index contributed by atoms with van der Waals surface area (Å²) in [6, 6.07) is 0. The Labute approximate surface area is 194 Å². The smallest absolute Gasteiger partial charge is 0.298 e. The van der Waals surface area contributed by atoms with E-state index in [9.17, 15) is 4.79 Å². The topological polar surface area (TPSA) is 61.5 Å². The minimum atomic E-state index is -0.241. The molecule has 1 aliphatic carbocycles. The number of carbonyl (C=O) groups is 1. The first kappa shape index (κ1) is 24.8. The number of rotatable bonds is 6. The van der Waals surface area contributed by atoms with E-state index < -0.39 is 0 Å². The van der Waals surface area contributed by atoms with Crippen LogP contribution in [0.15, 0.2) is 11.1 Å². The maximum absolute atomic E-state index is 11.0. The SMILES string of the molecule is CC1=C(C)C(CC(C)(C)CC2(C)CCc3c(C)c(OC=O)c(C)c(C)c3O2)C(C)(N)C1C. The van der Waals surface area contributed by atoms with Crippen LogP contribution in [0.1, 0.15) is 90.0 Å². The Hall–Kier alpha value is -1.81. The molecule has 1 aromatic rings. The van der Waals surface area contributed by atoms with E-state index in [-0.39, 0.29) is 16.6 Å². The molecular formula is C28H43NO3. The summed E-state index contributed by atoms with van der Waals surface area (Å²) in [6.45, 7) is 22.6. The van der Waals surface area contributed by atoms with Crippen LogP contribution in [0, 0.1) is 38.0 Å². The summed E-state index contributed by atoms with van der Waals surface area (Å²) in [4.78, 5) is 11.0. The fourth-order valence-electron chi connectivity index (χ4n) is 6.49. The van der Waals surface area contributed by atoms with Crippen molar-refractivity contribution in [2.24, 2.45) is 23.0 Å². The normalized spacial score (nSPS) is 30.2. The predicted molar refractivity (Wildman–Crippen MR) is 131 cm³/mol. The van der Waals surface area contributed by atoms with Gasteiger partial charge in [0.25, 0.3) is 6.47 Å². The lowest BCUT2D eigenvalue weighted by Crippen LogP contribution is -2.49. The van der Waals surface area contributed by atoms with Gasteiger partial charge < -0.3 is 15.2 Å². The Morgan fingerprint density at radius 2 is 1.72 bits per heavy atom. The standard InChI is InChI=1S/C28H43NO3/c1-16-17(2)23(28(10,29)21(16)6)13-26(7,8)14-27(9)12-11-22-20(5)24(31-15-30)18(3)19(4)25(22)32-27/h15,21,23H,11-14,29H2,1-10H3. The molecule has 3 rings (SSSR count). The molecule has 0 bridgehead atoms. The molecule has 1 aromatic carbocycles. The fraction of sp³-hybridized carbons (Fsp3) is 0.679. The van der Waals surface area contributed by atoms with Crippen LogP contribution in [0.3, 0.4) is 0 Å². The van der Waals surface area contributed by atoms with E-state index in [1.54, 1.807) is 0 Å². The van der Waals surface area contributed by atoms with Crippen LogP contribution in [0.25, 0.3) is 0 Å². The molecule has 0 spiro atoms. The van der Waals surface area contributed by atoms with Gasteiger partial charge in [-0.1, -0.05) is 31.9 Å². The van der Waals surface area contributed by atoms with Crippen LogP contribution in [0.2, 0.25) is 0 Å². The fourth-order valence-corrected chi connectivity index (χ4v) is 6.49. The van der Waals surface area contributed by atoms with Crippen molar-refractivity contribution in [3.8, 4) is 11.5 Å². The van der Waals surface area contributed by atoms with Crippen molar-refractivity contribution >= 4 is 6.47 Å². The molecule has 0 aromatic heterocycles. The number of hydrogen-bond acceptors (Lipinski definition) is 4. The monoisotopic (exact) mass is 441 g/mol. The van der Waals surface area contributed by atoms with Crippen molar-refractivity contribution in [2.45, 2.75) is 106 Å². The van der Waals surface area contributed by atoms with Crippen molar-refractivity contribution in [1.29, 1.82) is 0 Å². The molecule has 4 unspecified atom stereocenters. The van der Waals surface area contributed by atoms with Crippen LogP contribution < -0.4 is 15.2 Å². The Kier molecular flexibility index (Phi) is 6.36. The Bertz CT molecular complexity index is 956. The lowest BCUT2D eigenvalue weighted by atomic mass is 9.68. The third kappa shape index (κ3) is 4.11. The molecule has 4 atom stereocenters. The number of ether oxygens (including phenoxy) is 2. The van der Waals surface area contributed by atoms with E-state index in [1.807, 2.05) is 13.8 Å². The maximum Gasteiger partial charge on any atom is 0.298 e. The number of benzene rings is 1. The number of fused-ring (bicyclic) bond motifs is 1. The highest BCUT2D eigenvalue weighted by atomic mass is 16.5. The lowest BCUT2D eigenvalue weighted by Gasteiger charge is -2.44. The molecule has 0 fully saturated rings. The van der Waals surface area contributed by atoms with E-state index >= 15 is 0 Å². The van der Waals surface area contributed by atoms with Crippen molar-refractivity contribution in [3.05, 3.63) is 33.4 Å². The third-order valence-electron chi connectivity index (χ3n) is 8.82. The number of hydrogen-bond donors (Lipinski definition) is 1. The van der Waals surface area contributed by atoms with Gasteiger partial charge in [-0.05, 0) is 108 Å². The van der Waals surface area contributed by atoms with Crippen molar-refractivity contribution < 1.29 is 14.3 Å². The summed E-state index contributed by atoms with van der Waals surface area (Å²) in [6.07, 6.45) is 3.90. The molecule has 2 aliphatic rings. The molecule has 0 saturated carbocycles. The maximum atomic E-state index is 11.0. The van der Waals surface area contributed by atoms with Gasteiger partial charge in [0.1, 0.15) is 17.1 Å². The van der Waals surface area contributed by atoms with Crippen LogP contribution in [-0.2, 0) is 11.2 Å².